The molecular formula is C28H35N5O3S. The molecule has 196 valence electrons. The van der Waals surface area contributed by atoms with Crippen molar-refractivity contribution in [2.45, 2.75) is 26.4 Å². The Morgan fingerprint density at radius 2 is 1.54 bits per heavy atom. The number of nitrogens with two attached hydrogens (primary N) is 1. The maximum atomic E-state index is 12.2. The minimum Gasteiger partial charge on any atom is -0.419 e. The number of hydrogen-bond acceptors (Lipinski definition) is 7. The molecule has 0 radical (unpaired) electrons. The van der Waals surface area contributed by atoms with Gasteiger partial charge in [-0.15, -0.1) is 10.2 Å². The van der Waals surface area contributed by atoms with Gasteiger partial charge >= 0.3 is 0 Å². The smallest absolute Gasteiger partial charge is 0.247 e. The van der Waals surface area contributed by atoms with Gasteiger partial charge in [0.15, 0.2) is 0 Å². The molecule has 0 saturated carbocycles. The SMILES string of the molecule is CC(N)c1nnc(-c2cc(-c3ccccc3CN(C)C)cc(N(C)S(C)(=O)=O)c2)o1.Cc1ccccc1. The molecule has 0 saturated heterocycles. The second kappa shape index (κ2) is 12.1. The van der Waals surface area contributed by atoms with Crippen LogP contribution in [-0.4, -0.2) is 50.9 Å². The third-order valence-corrected chi connectivity index (χ3v) is 6.82. The van der Waals surface area contributed by atoms with Gasteiger partial charge in [-0.3, -0.25) is 4.31 Å². The zero-order valence-corrected chi connectivity index (χ0v) is 23.0. The van der Waals surface area contributed by atoms with Crippen LogP contribution in [0.4, 0.5) is 5.69 Å². The largest absolute Gasteiger partial charge is 0.419 e. The van der Waals surface area contributed by atoms with Gasteiger partial charge in [0, 0.05) is 19.2 Å². The molecule has 37 heavy (non-hydrogen) atoms. The lowest BCUT2D eigenvalue weighted by molar-refractivity contribution is 0.403. The highest BCUT2D eigenvalue weighted by Gasteiger charge is 2.19. The molecule has 1 aromatic heterocycles. The average Bonchev–Trinajstić information content (AvgIpc) is 3.35. The summed E-state index contributed by atoms with van der Waals surface area (Å²) in [5.41, 5.74) is 11.3. The summed E-state index contributed by atoms with van der Waals surface area (Å²) in [5, 5.41) is 8.10. The molecule has 0 spiro atoms. The van der Waals surface area contributed by atoms with Crippen molar-refractivity contribution in [2.75, 3.05) is 31.7 Å². The summed E-state index contributed by atoms with van der Waals surface area (Å²) in [4.78, 5) is 2.08. The second-order valence-electron chi connectivity index (χ2n) is 9.28. The fraction of sp³-hybridized carbons (Fsp3) is 0.286. The van der Waals surface area contributed by atoms with Gasteiger partial charge in [0.2, 0.25) is 21.8 Å². The number of anilines is 1. The Labute approximate surface area is 219 Å². The normalized spacial score (nSPS) is 12.1. The van der Waals surface area contributed by atoms with E-state index in [0.717, 1.165) is 23.2 Å². The van der Waals surface area contributed by atoms with Gasteiger partial charge in [-0.05, 0) is 62.8 Å². The molecule has 1 unspecified atom stereocenters. The molecule has 0 bridgehead atoms. The van der Waals surface area contributed by atoms with E-state index in [-0.39, 0.29) is 5.89 Å². The van der Waals surface area contributed by atoms with E-state index in [1.54, 1.807) is 13.0 Å². The van der Waals surface area contributed by atoms with Crippen LogP contribution in [0.3, 0.4) is 0 Å². The van der Waals surface area contributed by atoms with E-state index < -0.39 is 16.1 Å². The van der Waals surface area contributed by atoms with E-state index in [0.29, 0.717) is 17.1 Å². The van der Waals surface area contributed by atoms with Gasteiger partial charge in [0.05, 0.1) is 18.0 Å². The Kier molecular flexibility index (Phi) is 9.20. The Morgan fingerprint density at radius 1 is 0.919 bits per heavy atom. The van der Waals surface area contributed by atoms with Crippen molar-refractivity contribution in [2.24, 2.45) is 5.73 Å². The van der Waals surface area contributed by atoms with Crippen molar-refractivity contribution < 1.29 is 12.8 Å². The van der Waals surface area contributed by atoms with Gasteiger partial charge < -0.3 is 15.1 Å². The van der Waals surface area contributed by atoms with Crippen LogP contribution in [0.2, 0.25) is 0 Å². The number of hydrogen-bond donors (Lipinski definition) is 1. The lowest BCUT2D eigenvalue weighted by Crippen LogP contribution is -2.24. The van der Waals surface area contributed by atoms with Gasteiger partial charge in [0.25, 0.3) is 0 Å². The first-order valence-electron chi connectivity index (χ1n) is 11.9. The highest BCUT2D eigenvalue weighted by molar-refractivity contribution is 7.92. The van der Waals surface area contributed by atoms with E-state index in [4.69, 9.17) is 10.2 Å². The van der Waals surface area contributed by atoms with Gasteiger partial charge in [-0.1, -0.05) is 60.2 Å². The number of sulfonamides is 1. The van der Waals surface area contributed by atoms with Crippen molar-refractivity contribution in [1.29, 1.82) is 0 Å². The minimum atomic E-state index is -3.45. The second-order valence-corrected chi connectivity index (χ2v) is 11.3. The molecular weight excluding hydrogens is 486 g/mol. The maximum absolute atomic E-state index is 12.2. The highest BCUT2D eigenvalue weighted by atomic mass is 32.2. The van der Waals surface area contributed by atoms with E-state index in [1.807, 2.05) is 62.6 Å². The molecule has 3 aromatic carbocycles. The minimum absolute atomic E-state index is 0.289. The summed E-state index contributed by atoms with van der Waals surface area (Å²) in [6, 6.07) is 23.4. The van der Waals surface area contributed by atoms with Crippen LogP contribution < -0.4 is 10.0 Å². The summed E-state index contributed by atoms with van der Waals surface area (Å²) in [6.45, 7) is 4.58. The Hall–Kier alpha value is -3.53. The summed E-state index contributed by atoms with van der Waals surface area (Å²) in [7, 11) is 2.07. The van der Waals surface area contributed by atoms with Gasteiger partial charge in [-0.2, -0.15) is 0 Å². The van der Waals surface area contributed by atoms with Crippen LogP contribution in [0.5, 0.6) is 0 Å². The van der Waals surface area contributed by atoms with Gasteiger partial charge in [-0.25, -0.2) is 8.42 Å². The summed E-state index contributed by atoms with van der Waals surface area (Å²) >= 11 is 0. The zero-order chi connectivity index (χ0) is 27.2. The van der Waals surface area contributed by atoms with Crippen molar-refractivity contribution in [3.05, 3.63) is 89.8 Å². The zero-order valence-electron chi connectivity index (χ0n) is 22.2. The number of rotatable bonds is 7. The highest BCUT2D eigenvalue weighted by Crippen LogP contribution is 2.34. The van der Waals surface area contributed by atoms with Crippen LogP contribution in [0.15, 0.2) is 77.2 Å². The molecule has 0 aliphatic carbocycles. The average molecular weight is 522 g/mol. The molecule has 8 nitrogen and oxygen atoms in total. The Morgan fingerprint density at radius 3 is 2.08 bits per heavy atom. The molecule has 0 aliphatic rings. The third kappa shape index (κ3) is 7.72. The molecule has 4 aromatic rings. The fourth-order valence-electron chi connectivity index (χ4n) is 3.61. The van der Waals surface area contributed by atoms with Crippen molar-refractivity contribution in [3.8, 4) is 22.6 Å². The predicted octanol–water partition coefficient (Wildman–Crippen LogP) is 4.88. The standard InChI is InChI=1S/C21H27N5O3S.C7H8/c1-14(22)20-23-24-21(29-20)17-10-16(11-18(12-17)26(4)30(5,27)28)19-9-7-6-8-15(19)13-25(2)3;1-7-5-3-2-4-6-7/h6-12,14H,13,22H2,1-5H3;2-6H,1H3. The molecule has 0 aliphatic heterocycles. The quantitative estimate of drug-likeness (QED) is 0.370. The molecule has 9 heteroatoms. The number of benzene rings is 3. The van der Waals surface area contributed by atoms with Crippen LogP contribution >= 0.6 is 0 Å². The first-order valence-corrected chi connectivity index (χ1v) is 13.7. The van der Waals surface area contributed by atoms with E-state index in [9.17, 15) is 8.42 Å². The summed E-state index contributed by atoms with van der Waals surface area (Å²) in [5.74, 6) is 0.610. The van der Waals surface area contributed by atoms with E-state index >= 15 is 0 Å². The molecule has 0 amide bonds. The fourth-order valence-corrected chi connectivity index (χ4v) is 4.10. The lowest BCUT2D eigenvalue weighted by atomic mass is 9.97. The van der Waals surface area contributed by atoms with Crippen LogP contribution in [0, 0.1) is 6.92 Å². The summed E-state index contributed by atoms with van der Waals surface area (Å²) in [6.07, 6.45) is 1.17. The van der Waals surface area contributed by atoms with Gasteiger partial charge in [0.1, 0.15) is 0 Å². The van der Waals surface area contributed by atoms with Crippen LogP contribution in [-0.2, 0) is 16.6 Å². The monoisotopic (exact) mass is 521 g/mol. The number of aryl methyl sites for hydroxylation is 1. The lowest BCUT2D eigenvalue weighted by Gasteiger charge is -2.20. The maximum Gasteiger partial charge on any atom is 0.247 e. The van der Waals surface area contributed by atoms with Crippen LogP contribution in [0.25, 0.3) is 22.6 Å². The van der Waals surface area contributed by atoms with Crippen molar-refractivity contribution >= 4 is 15.7 Å². The number of nitrogens with zero attached hydrogens (tertiary/aromatic N) is 4. The Balaban J connectivity index is 0.000000468. The molecule has 1 heterocycles. The molecule has 4 rings (SSSR count). The predicted molar refractivity (Wildman–Crippen MR) is 150 cm³/mol. The number of aromatic nitrogens is 2. The molecule has 2 N–H and O–H groups in total. The van der Waals surface area contributed by atoms with Crippen molar-refractivity contribution in [3.63, 3.8) is 0 Å². The first-order chi connectivity index (χ1) is 17.5. The Bertz CT molecular complexity index is 1420. The topological polar surface area (TPSA) is 106 Å². The van der Waals surface area contributed by atoms with E-state index in [1.165, 1.54) is 23.2 Å². The third-order valence-electron chi connectivity index (χ3n) is 5.61. The molecule has 1 atom stereocenters. The van der Waals surface area contributed by atoms with Crippen LogP contribution in [0.1, 0.15) is 30.0 Å². The summed E-state index contributed by atoms with van der Waals surface area (Å²) < 4.78 is 31.3. The van der Waals surface area contributed by atoms with E-state index in [2.05, 4.69) is 40.2 Å². The first kappa shape index (κ1) is 28.0. The van der Waals surface area contributed by atoms with Crippen molar-refractivity contribution in [1.82, 2.24) is 15.1 Å². The molecule has 0 fully saturated rings.